The Labute approximate surface area is 214 Å². The van der Waals surface area contributed by atoms with Crippen molar-refractivity contribution in [2.24, 2.45) is 5.92 Å². The minimum atomic E-state index is -4.94. The van der Waals surface area contributed by atoms with Crippen molar-refractivity contribution >= 4 is 11.6 Å². The summed E-state index contributed by atoms with van der Waals surface area (Å²) >= 11 is 0. The number of benzene rings is 1. The highest BCUT2D eigenvalue weighted by Crippen LogP contribution is 2.36. The average Bonchev–Trinajstić information content (AvgIpc) is 2.83. The number of amides is 1. The molecule has 37 heavy (non-hydrogen) atoms. The predicted molar refractivity (Wildman–Crippen MR) is 135 cm³/mol. The number of anilines is 1. The zero-order chi connectivity index (χ0) is 27.7. The first-order chi connectivity index (χ1) is 17.3. The Morgan fingerprint density at radius 3 is 2.51 bits per heavy atom. The van der Waals surface area contributed by atoms with Crippen molar-refractivity contribution in [1.29, 1.82) is 0 Å². The van der Waals surface area contributed by atoms with Crippen LogP contribution < -0.4 is 15.2 Å². The summed E-state index contributed by atoms with van der Waals surface area (Å²) in [6.45, 7) is 13.7. The van der Waals surface area contributed by atoms with Crippen molar-refractivity contribution in [2.45, 2.75) is 66.0 Å². The summed E-state index contributed by atoms with van der Waals surface area (Å²) in [5.41, 5.74) is 1.75. The van der Waals surface area contributed by atoms with Crippen LogP contribution in [0.1, 0.15) is 63.1 Å². The minimum Gasteiger partial charge on any atom is -0.504 e. The maximum atomic E-state index is 13.5. The average molecular weight is 520 g/mol. The van der Waals surface area contributed by atoms with Gasteiger partial charge in [0.2, 0.25) is 0 Å². The molecule has 7 nitrogen and oxygen atoms in total. The summed E-state index contributed by atoms with van der Waals surface area (Å²) in [6.07, 6.45) is -0.573. The number of phenolic OH excluding ortho intramolecular Hbond substituents is 1. The number of carbonyl (C=O) groups excluding carboxylic acids is 1. The molecule has 1 aliphatic rings. The van der Waals surface area contributed by atoms with Crippen molar-refractivity contribution in [1.82, 2.24) is 9.47 Å². The summed E-state index contributed by atoms with van der Waals surface area (Å²) in [5, 5.41) is 10.1. The number of rotatable bonds is 8. The SMILES string of the molecule is C=CN(C=C(C)C(C)CC)c1ccc2n(c1=O)CC(C)N(C(C)c1ccc(OC(F)(F)F)c(O)c1)C2=O. The van der Waals surface area contributed by atoms with Crippen molar-refractivity contribution in [3.05, 3.63) is 76.5 Å². The Morgan fingerprint density at radius 1 is 1.27 bits per heavy atom. The van der Waals surface area contributed by atoms with Crippen LogP contribution in [0.25, 0.3) is 0 Å². The van der Waals surface area contributed by atoms with E-state index >= 15 is 0 Å². The first kappa shape index (κ1) is 27.9. The van der Waals surface area contributed by atoms with E-state index in [-0.39, 0.29) is 17.8 Å². The second-order valence-electron chi connectivity index (χ2n) is 9.30. The van der Waals surface area contributed by atoms with Crippen molar-refractivity contribution in [2.75, 3.05) is 4.90 Å². The summed E-state index contributed by atoms with van der Waals surface area (Å²) in [6, 6.07) is 5.69. The molecule has 0 saturated heterocycles. The molecule has 0 saturated carbocycles. The molecule has 0 radical (unpaired) electrons. The van der Waals surface area contributed by atoms with Crippen molar-refractivity contribution in [3.8, 4) is 11.5 Å². The molecule has 1 aromatic heterocycles. The molecule has 3 rings (SSSR count). The number of ether oxygens (including phenoxy) is 1. The summed E-state index contributed by atoms with van der Waals surface area (Å²) < 4.78 is 42.9. The van der Waals surface area contributed by atoms with E-state index in [9.17, 15) is 27.9 Å². The van der Waals surface area contributed by atoms with Gasteiger partial charge in [-0.2, -0.15) is 0 Å². The Morgan fingerprint density at radius 2 is 1.95 bits per heavy atom. The number of carbonyl (C=O) groups is 1. The van der Waals surface area contributed by atoms with E-state index in [1.165, 1.54) is 10.6 Å². The summed E-state index contributed by atoms with van der Waals surface area (Å²) in [5.74, 6) is -1.49. The molecule has 3 unspecified atom stereocenters. The Hall–Kier alpha value is -3.69. The van der Waals surface area contributed by atoms with Gasteiger partial charge in [-0.25, -0.2) is 0 Å². The third-order valence-corrected chi connectivity index (χ3v) is 6.85. The number of nitrogens with zero attached hydrogens (tertiary/aromatic N) is 3. The molecule has 1 aliphatic heterocycles. The van der Waals surface area contributed by atoms with Crippen LogP contribution in [0.3, 0.4) is 0 Å². The lowest BCUT2D eigenvalue weighted by Gasteiger charge is -2.40. The highest BCUT2D eigenvalue weighted by atomic mass is 19.4. The quantitative estimate of drug-likeness (QED) is 0.466. The lowest BCUT2D eigenvalue weighted by molar-refractivity contribution is -0.275. The van der Waals surface area contributed by atoms with Crippen LogP contribution in [0.15, 0.2) is 59.7 Å². The number of phenols is 1. The van der Waals surface area contributed by atoms with E-state index < -0.39 is 35.9 Å². The van der Waals surface area contributed by atoms with Gasteiger partial charge in [-0.3, -0.25) is 9.59 Å². The Bertz CT molecular complexity index is 1270. The maximum Gasteiger partial charge on any atom is 0.573 e. The van der Waals surface area contributed by atoms with E-state index in [0.717, 1.165) is 24.1 Å². The van der Waals surface area contributed by atoms with Gasteiger partial charge < -0.3 is 24.2 Å². The van der Waals surface area contributed by atoms with Crippen molar-refractivity contribution in [3.63, 3.8) is 0 Å². The highest BCUT2D eigenvalue weighted by molar-refractivity contribution is 5.94. The van der Waals surface area contributed by atoms with Crippen LogP contribution in [-0.2, 0) is 6.54 Å². The maximum absolute atomic E-state index is 13.5. The zero-order valence-corrected chi connectivity index (χ0v) is 21.5. The monoisotopic (exact) mass is 519 g/mol. The number of hydrogen-bond donors (Lipinski definition) is 1. The standard InChI is InChI=1S/C27H32F3N3O4/c1-7-16(3)17(4)14-31(8-2)21-10-11-22-26(36)33(18(5)15-32(22)25(21)35)19(6)20-9-12-24(23(34)13-20)37-27(28,29)30/h8-14,16,18-19,34H,2,7,15H2,1,3-6H3. The molecule has 1 amide bonds. The van der Waals surface area contributed by atoms with Crippen LogP contribution in [0.5, 0.6) is 11.5 Å². The molecule has 1 aromatic carbocycles. The summed E-state index contributed by atoms with van der Waals surface area (Å²) in [7, 11) is 0. The largest absolute Gasteiger partial charge is 0.573 e. The molecular weight excluding hydrogens is 487 g/mol. The highest BCUT2D eigenvalue weighted by Gasteiger charge is 2.36. The number of fused-ring (bicyclic) bond motifs is 1. The van der Waals surface area contributed by atoms with E-state index in [1.54, 1.807) is 42.0 Å². The van der Waals surface area contributed by atoms with Gasteiger partial charge >= 0.3 is 6.36 Å². The Kier molecular flexibility index (Phi) is 8.09. The second-order valence-corrected chi connectivity index (χ2v) is 9.30. The third-order valence-electron chi connectivity index (χ3n) is 6.85. The molecule has 0 aliphatic carbocycles. The topological polar surface area (TPSA) is 75.0 Å². The summed E-state index contributed by atoms with van der Waals surface area (Å²) in [4.78, 5) is 30.1. The zero-order valence-electron chi connectivity index (χ0n) is 21.5. The fraction of sp³-hybridized carbons (Fsp3) is 0.407. The minimum absolute atomic E-state index is 0.201. The van der Waals surface area contributed by atoms with Gasteiger partial charge in [-0.05, 0) is 62.9 Å². The van der Waals surface area contributed by atoms with Crippen LogP contribution in [-0.4, -0.2) is 32.9 Å². The first-order valence-electron chi connectivity index (χ1n) is 12.0. The van der Waals surface area contributed by atoms with Crippen LogP contribution in [0.2, 0.25) is 0 Å². The molecular formula is C27H32F3N3O4. The lowest BCUT2D eigenvalue weighted by Crippen LogP contribution is -2.50. The number of halogens is 3. The number of aromatic hydroxyl groups is 1. The van der Waals surface area contributed by atoms with E-state index in [0.29, 0.717) is 17.2 Å². The van der Waals surface area contributed by atoms with E-state index in [4.69, 9.17) is 0 Å². The fourth-order valence-electron chi connectivity index (χ4n) is 4.43. The predicted octanol–water partition coefficient (Wildman–Crippen LogP) is 5.96. The molecule has 2 aromatic rings. The normalized spacial score (nSPS) is 17.7. The lowest BCUT2D eigenvalue weighted by atomic mass is 10.0. The molecule has 10 heteroatoms. The van der Waals surface area contributed by atoms with Crippen molar-refractivity contribution < 1.29 is 27.8 Å². The number of alkyl halides is 3. The van der Waals surface area contributed by atoms with E-state index in [2.05, 4.69) is 25.2 Å². The van der Waals surface area contributed by atoms with Gasteiger partial charge in [-0.1, -0.05) is 32.1 Å². The third kappa shape index (κ3) is 5.84. The van der Waals surface area contributed by atoms with Gasteiger partial charge in [0.1, 0.15) is 11.4 Å². The first-order valence-corrected chi connectivity index (χ1v) is 12.0. The molecule has 3 atom stereocenters. The second kappa shape index (κ2) is 10.7. The van der Waals surface area contributed by atoms with Gasteiger partial charge in [0, 0.05) is 25.0 Å². The van der Waals surface area contributed by atoms with Gasteiger partial charge in [-0.15, -0.1) is 13.2 Å². The van der Waals surface area contributed by atoms with Crippen LogP contribution >= 0.6 is 0 Å². The fourth-order valence-corrected chi connectivity index (χ4v) is 4.43. The molecule has 0 fully saturated rings. The molecule has 0 spiro atoms. The number of allylic oxidation sites excluding steroid dienone is 1. The van der Waals surface area contributed by atoms with E-state index in [1.807, 2.05) is 13.1 Å². The number of aromatic nitrogens is 1. The smallest absolute Gasteiger partial charge is 0.504 e. The molecule has 200 valence electrons. The number of pyridine rings is 1. The molecule has 1 N–H and O–H groups in total. The van der Waals surface area contributed by atoms with Gasteiger partial charge in [0.25, 0.3) is 11.5 Å². The number of hydrogen-bond acceptors (Lipinski definition) is 5. The van der Waals surface area contributed by atoms with Crippen LogP contribution in [0.4, 0.5) is 18.9 Å². The molecule has 2 heterocycles. The molecule has 0 bridgehead atoms. The Balaban J connectivity index is 1.94. The van der Waals surface area contributed by atoms with Gasteiger partial charge in [0.05, 0.1) is 6.04 Å². The van der Waals surface area contributed by atoms with Crippen LogP contribution in [0, 0.1) is 5.92 Å². The van der Waals surface area contributed by atoms with Gasteiger partial charge in [0.15, 0.2) is 11.5 Å².